The fourth-order valence-electron chi connectivity index (χ4n) is 2.24. The number of ether oxygens (including phenoxy) is 1. The molecule has 0 saturated carbocycles. The standard InChI is InChI=1S/C18H34O2/c1-6-7-9-13-17(20-18(19)16(4)5)14-11-8-10-12-15(2)3/h15,17H,4,6-14H2,1-3,5H3. The maximum atomic E-state index is 11.6. The predicted octanol–water partition coefficient (Wildman–Crippen LogP) is 5.66. The third kappa shape index (κ3) is 11.1. The molecule has 0 aromatic carbocycles. The van der Waals surface area contributed by atoms with Gasteiger partial charge in [0.2, 0.25) is 0 Å². The van der Waals surface area contributed by atoms with Gasteiger partial charge < -0.3 is 4.74 Å². The highest BCUT2D eigenvalue weighted by molar-refractivity contribution is 5.87. The monoisotopic (exact) mass is 282 g/mol. The first-order valence-corrected chi connectivity index (χ1v) is 8.33. The molecular weight excluding hydrogens is 248 g/mol. The van der Waals surface area contributed by atoms with Crippen molar-refractivity contribution in [2.45, 2.75) is 91.6 Å². The van der Waals surface area contributed by atoms with Gasteiger partial charge in [-0.3, -0.25) is 0 Å². The van der Waals surface area contributed by atoms with Crippen LogP contribution in [-0.2, 0) is 9.53 Å². The molecule has 0 aliphatic heterocycles. The molecule has 2 nitrogen and oxygen atoms in total. The molecular formula is C18H34O2. The van der Waals surface area contributed by atoms with Gasteiger partial charge in [-0.1, -0.05) is 59.5 Å². The molecule has 0 aromatic heterocycles. The number of carbonyl (C=O) groups is 1. The molecule has 0 aliphatic rings. The average Bonchev–Trinajstić information content (AvgIpc) is 2.37. The summed E-state index contributed by atoms with van der Waals surface area (Å²) in [6.07, 6.45) is 10.6. The highest BCUT2D eigenvalue weighted by Crippen LogP contribution is 2.17. The topological polar surface area (TPSA) is 26.3 Å². The van der Waals surface area contributed by atoms with Gasteiger partial charge in [0.15, 0.2) is 0 Å². The Labute approximate surface area is 126 Å². The summed E-state index contributed by atoms with van der Waals surface area (Å²) in [5, 5.41) is 0. The van der Waals surface area contributed by atoms with Crippen LogP contribution in [0.1, 0.15) is 85.5 Å². The molecule has 0 N–H and O–H groups in total. The lowest BCUT2D eigenvalue weighted by Crippen LogP contribution is -2.18. The van der Waals surface area contributed by atoms with E-state index in [9.17, 15) is 4.79 Å². The van der Waals surface area contributed by atoms with Gasteiger partial charge >= 0.3 is 5.97 Å². The fraction of sp³-hybridized carbons (Fsp3) is 0.833. The summed E-state index contributed by atoms with van der Waals surface area (Å²) in [4.78, 5) is 11.6. The van der Waals surface area contributed by atoms with Crippen LogP contribution in [0.15, 0.2) is 12.2 Å². The zero-order valence-electron chi connectivity index (χ0n) is 14.0. The Morgan fingerprint density at radius 2 is 1.55 bits per heavy atom. The first kappa shape index (κ1) is 19.2. The molecule has 0 amide bonds. The van der Waals surface area contributed by atoms with Gasteiger partial charge in [-0.25, -0.2) is 4.79 Å². The highest BCUT2D eigenvalue weighted by atomic mass is 16.5. The van der Waals surface area contributed by atoms with Gasteiger partial charge in [-0.15, -0.1) is 0 Å². The molecule has 0 radical (unpaired) electrons. The maximum absolute atomic E-state index is 11.6. The van der Waals surface area contributed by atoms with Crippen molar-refractivity contribution >= 4 is 5.97 Å². The van der Waals surface area contributed by atoms with Crippen molar-refractivity contribution in [2.75, 3.05) is 0 Å². The van der Waals surface area contributed by atoms with E-state index in [1.54, 1.807) is 6.92 Å². The quantitative estimate of drug-likeness (QED) is 0.262. The van der Waals surface area contributed by atoms with Gasteiger partial charge in [0.25, 0.3) is 0 Å². The Bertz CT molecular complexity index is 269. The number of carbonyl (C=O) groups excluding carboxylic acids is 1. The summed E-state index contributed by atoms with van der Waals surface area (Å²) in [5.41, 5.74) is 0.505. The van der Waals surface area contributed by atoms with E-state index >= 15 is 0 Å². The summed E-state index contributed by atoms with van der Waals surface area (Å²) in [5.74, 6) is 0.560. The minimum absolute atomic E-state index is 0.0878. The molecule has 118 valence electrons. The largest absolute Gasteiger partial charge is 0.459 e. The molecule has 0 saturated heterocycles. The summed E-state index contributed by atoms with van der Waals surface area (Å²) in [6.45, 7) is 12.1. The van der Waals surface area contributed by atoms with E-state index in [1.165, 1.54) is 32.1 Å². The first-order valence-electron chi connectivity index (χ1n) is 8.33. The molecule has 0 spiro atoms. The van der Waals surface area contributed by atoms with Crippen LogP contribution in [0.4, 0.5) is 0 Å². The second-order valence-corrected chi connectivity index (χ2v) is 6.34. The molecule has 2 heteroatoms. The molecule has 1 atom stereocenters. The van der Waals surface area contributed by atoms with E-state index in [1.807, 2.05) is 0 Å². The van der Waals surface area contributed by atoms with Crippen molar-refractivity contribution in [3.63, 3.8) is 0 Å². The lowest BCUT2D eigenvalue weighted by Gasteiger charge is -2.18. The lowest BCUT2D eigenvalue weighted by atomic mass is 10.0. The summed E-state index contributed by atoms with van der Waals surface area (Å²) in [6, 6.07) is 0. The zero-order valence-corrected chi connectivity index (χ0v) is 14.0. The number of hydrogen-bond acceptors (Lipinski definition) is 2. The number of unbranched alkanes of at least 4 members (excludes halogenated alkanes) is 4. The van der Waals surface area contributed by atoms with Crippen molar-refractivity contribution in [1.29, 1.82) is 0 Å². The Hall–Kier alpha value is -0.790. The molecule has 0 heterocycles. The van der Waals surface area contributed by atoms with Crippen LogP contribution in [0.5, 0.6) is 0 Å². The fourth-order valence-corrected chi connectivity index (χ4v) is 2.24. The van der Waals surface area contributed by atoms with Crippen LogP contribution in [0.3, 0.4) is 0 Å². The van der Waals surface area contributed by atoms with Crippen LogP contribution in [0.25, 0.3) is 0 Å². The van der Waals surface area contributed by atoms with E-state index in [-0.39, 0.29) is 12.1 Å². The first-order chi connectivity index (χ1) is 9.47. The minimum Gasteiger partial charge on any atom is -0.459 e. The number of esters is 1. The van der Waals surface area contributed by atoms with Crippen LogP contribution in [0.2, 0.25) is 0 Å². The minimum atomic E-state index is -0.228. The molecule has 20 heavy (non-hydrogen) atoms. The Morgan fingerprint density at radius 1 is 1.00 bits per heavy atom. The summed E-state index contributed by atoms with van der Waals surface area (Å²) < 4.78 is 5.55. The third-order valence-corrected chi connectivity index (χ3v) is 3.56. The molecule has 0 aliphatic carbocycles. The average molecular weight is 282 g/mol. The van der Waals surface area contributed by atoms with Crippen molar-refractivity contribution < 1.29 is 9.53 Å². The summed E-state index contributed by atoms with van der Waals surface area (Å²) in [7, 11) is 0. The number of hydrogen-bond donors (Lipinski definition) is 0. The zero-order chi connectivity index (χ0) is 15.4. The van der Waals surface area contributed by atoms with E-state index in [0.717, 1.165) is 31.6 Å². The van der Waals surface area contributed by atoms with Gasteiger partial charge in [0, 0.05) is 5.57 Å². The van der Waals surface area contributed by atoms with Gasteiger partial charge in [0.05, 0.1) is 0 Å². The van der Waals surface area contributed by atoms with E-state index < -0.39 is 0 Å². The normalized spacial score (nSPS) is 12.4. The smallest absolute Gasteiger partial charge is 0.333 e. The Morgan fingerprint density at radius 3 is 2.05 bits per heavy atom. The Kier molecular flexibility index (Phi) is 11.5. The highest BCUT2D eigenvalue weighted by Gasteiger charge is 2.14. The molecule has 1 unspecified atom stereocenters. The van der Waals surface area contributed by atoms with Crippen molar-refractivity contribution in [2.24, 2.45) is 5.92 Å². The van der Waals surface area contributed by atoms with E-state index in [0.29, 0.717) is 5.57 Å². The summed E-state index contributed by atoms with van der Waals surface area (Å²) >= 11 is 0. The molecule has 0 fully saturated rings. The van der Waals surface area contributed by atoms with Crippen LogP contribution in [0, 0.1) is 5.92 Å². The molecule has 0 rings (SSSR count). The van der Waals surface area contributed by atoms with Crippen LogP contribution < -0.4 is 0 Å². The maximum Gasteiger partial charge on any atom is 0.333 e. The van der Waals surface area contributed by atoms with Crippen molar-refractivity contribution in [1.82, 2.24) is 0 Å². The second-order valence-electron chi connectivity index (χ2n) is 6.34. The predicted molar refractivity (Wildman–Crippen MR) is 86.8 cm³/mol. The van der Waals surface area contributed by atoms with Crippen LogP contribution >= 0.6 is 0 Å². The van der Waals surface area contributed by atoms with Gasteiger partial charge in [-0.05, 0) is 38.5 Å². The molecule has 0 aromatic rings. The molecule has 0 bridgehead atoms. The second kappa shape index (κ2) is 12.0. The van der Waals surface area contributed by atoms with Crippen LogP contribution in [-0.4, -0.2) is 12.1 Å². The van der Waals surface area contributed by atoms with Gasteiger partial charge in [0.1, 0.15) is 6.10 Å². The van der Waals surface area contributed by atoms with Gasteiger partial charge in [-0.2, -0.15) is 0 Å². The SMILES string of the molecule is C=C(C)C(=O)OC(CCCCC)CCCCCC(C)C. The van der Waals surface area contributed by atoms with E-state index in [2.05, 4.69) is 27.4 Å². The van der Waals surface area contributed by atoms with Crippen molar-refractivity contribution in [3.8, 4) is 0 Å². The lowest BCUT2D eigenvalue weighted by molar-refractivity contribution is -0.145. The Balaban J connectivity index is 3.97. The number of rotatable bonds is 12. The van der Waals surface area contributed by atoms with Crippen molar-refractivity contribution in [3.05, 3.63) is 12.2 Å². The third-order valence-electron chi connectivity index (χ3n) is 3.56. The van der Waals surface area contributed by atoms with E-state index in [4.69, 9.17) is 4.74 Å².